The van der Waals surface area contributed by atoms with Gasteiger partial charge in [-0.15, -0.1) is 11.3 Å². The third-order valence-electron chi connectivity index (χ3n) is 3.04. The summed E-state index contributed by atoms with van der Waals surface area (Å²) >= 11 is 1.68. The first-order valence-corrected chi connectivity index (χ1v) is 6.83. The number of ether oxygens (including phenoxy) is 1. The van der Waals surface area contributed by atoms with Crippen LogP contribution in [0.4, 0.5) is 0 Å². The predicted molar refractivity (Wildman–Crippen MR) is 69.9 cm³/mol. The van der Waals surface area contributed by atoms with Crippen molar-refractivity contribution in [1.82, 2.24) is 9.88 Å². The molecule has 0 bridgehead atoms. The number of carbonyl (C=O) groups is 1. The lowest BCUT2D eigenvalue weighted by molar-refractivity contribution is -0.146. The Hall–Kier alpha value is -1.59. The van der Waals surface area contributed by atoms with E-state index in [1.807, 2.05) is 25.3 Å². The minimum atomic E-state index is -0.389. The van der Waals surface area contributed by atoms with Crippen molar-refractivity contribution in [1.29, 1.82) is 0 Å². The highest BCUT2D eigenvalue weighted by molar-refractivity contribution is 7.12. The highest BCUT2D eigenvalue weighted by Crippen LogP contribution is 2.30. The Morgan fingerprint density at radius 1 is 1.61 bits per heavy atom. The number of nitrogens with one attached hydrogen (secondary N) is 1. The van der Waals surface area contributed by atoms with Crippen molar-refractivity contribution in [2.45, 2.75) is 19.5 Å². The van der Waals surface area contributed by atoms with Crippen LogP contribution in [-0.4, -0.2) is 17.1 Å². The summed E-state index contributed by atoms with van der Waals surface area (Å²) in [4.78, 5) is 12.0. The average molecular weight is 262 g/mol. The topological polar surface area (TPSA) is 43.3 Å². The van der Waals surface area contributed by atoms with Crippen molar-refractivity contribution >= 4 is 17.3 Å². The molecule has 4 nitrogen and oxygen atoms in total. The fourth-order valence-corrected chi connectivity index (χ4v) is 3.17. The van der Waals surface area contributed by atoms with E-state index in [1.54, 1.807) is 11.3 Å². The number of nitrogens with zero attached hydrogens (tertiary/aromatic N) is 1. The first kappa shape index (κ1) is 11.5. The molecule has 0 fully saturated rings. The second-order valence-corrected chi connectivity index (χ2v) is 5.01. The number of thiophene rings is 1. The molecule has 5 heteroatoms. The van der Waals surface area contributed by atoms with Gasteiger partial charge in [0.05, 0.1) is 12.3 Å². The highest BCUT2D eigenvalue weighted by Gasteiger charge is 2.28. The number of fused-ring (bicyclic) bond motifs is 3. The van der Waals surface area contributed by atoms with Crippen molar-refractivity contribution in [3.05, 3.63) is 41.0 Å². The molecule has 1 N–H and O–H groups in total. The molecule has 1 aliphatic heterocycles. The molecule has 0 amide bonds. The second kappa shape index (κ2) is 4.59. The van der Waals surface area contributed by atoms with Gasteiger partial charge in [-0.3, -0.25) is 5.32 Å². The van der Waals surface area contributed by atoms with E-state index in [0.717, 1.165) is 5.69 Å². The summed E-state index contributed by atoms with van der Waals surface area (Å²) in [5, 5.41) is 6.51. The third kappa shape index (κ3) is 1.76. The molecule has 94 valence electrons. The zero-order valence-corrected chi connectivity index (χ0v) is 10.9. The maximum Gasteiger partial charge on any atom is 0.329 e. The maximum absolute atomic E-state index is 12.0. The van der Waals surface area contributed by atoms with Crippen molar-refractivity contribution in [2.75, 3.05) is 6.61 Å². The molecule has 1 unspecified atom stereocenters. The molecule has 0 saturated carbocycles. The van der Waals surface area contributed by atoms with E-state index in [9.17, 15) is 4.79 Å². The SMILES string of the molecule is CCOC(=O)C1NCc2ccsc2-n2cccc21. The molecule has 3 rings (SSSR count). The summed E-state index contributed by atoms with van der Waals surface area (Å²) < 4.78 is 7.20. The van der Waals surface area contributed by atoms with Crippen molar-refractivity contribution in [2.24, 2.45) is 0 Å². The monoisotopic (exact) mass is 262 g/mol. The molecule has 0 saturated heterocycles. The Kier molecular flexibility index (Phi) is 2.93. The Morgan fingerprint density at radius 3 is 3.33 bits per heavy atom. The van der Waals surface area contributed by atoms with Crippen LogP contribution in [0.2, 0.25) is 0 Å². The van der Waals surface area contributed by atoms with Gasteiger partial charge >= 0.3 is 5.97 Å². The van der Waals surface area contributed by atoms with Gasteiger partial charge in [-0.05, 0) is 30.5 Å². The molecule has 3 heterocycles. The molecule has 1 atom stereocenters. The zero-order chi connectivity index (χ0) is 12.5. The van der Waals surface area contributed by atoms with Crippen LogP contribution in [0, 0.1) is 0 Å². The van der Waals surface area contributed by atoms with Gasteiger partial charge in [0.15, 0.2) is 0 Å². The number of esters is 1. The summed E-state index contributed by atoms with van der Waals surface area (Å²) in [6.07, 6.45) is 1.99. The molecular formula is C13H14N2O2S. The van der Waals surface area contributed by atoms with Crippen LogP contribution in [0.5, 0.6) is 0 Å². The van der Waals surface area contributed by atoms with E-state index in [4.69, 9.17) is 4.74 Å². The van der Waals surface area contributed by atoms with Crippen LogP contribution in [0.3, 0.4) is 0 Å². The van der Waals surface area contributed by atoms with Crippen molar-refractivity contribution in [3.8, 4) is 5.00 Å². The third-order valence-corrected chi connectivity index (χ3v) is 3.99. The smallest absolute Gasteiger partial charge is 0.329 e. The van der Waals surface area contributed by atoms with Crippen molar-refractivity contribution in [3.63, 3.8) is 0 Å². The number of carbonyl (C=O) groups excluding carboxylic acids is 1. The van der Waals surface area contributed by atoms with E-state index < -0.39 is 0 Å². The fraction of sp³-hybridized carbons (Fsp3) is 0.308. The molecule has 0 radical (unpaired) electrons. The number of hydrogen-bond donors (Lipinski definition) is 1. The van der Waals surface area contributed by atoms with Crippen LogP contribution < -0.4 is 5.32 Å². The number of rotatable bonds is 2. The van der Waals surface area contributed by atoms with Crippen LogP contribution in [0.25, 0.3) is 5.00 Å². The quantitative estimate of drug-likeness (QED) is 0.844. The lowest BCUT2D eigenvalue weighted by Gasteiger charge is -2.15. The standard InChI is InChI=1S/C13H14N2O2S/c1-2-17-13(16)11-10-4-3-6-15(10)12-9(8-14-11)5-7-18-12/h3-7,11,14H,2,8H2,1H3. The number of hydrogen-bond acceptors (Lipinski definition) is 4. The van der Waals surface area contributed by atoms with Gasteiger partial charge in [0.1, 0.15) is 11.0 Å². The van der Waals surface area contributed by atoms with Crippen LogP contribution in [0.1, 0.15) is 24.2 Å². The summed E-state index contributed by atoms with van der Waals surface area (Å²) in [6, 6.07) is 5.62. The maximum atomic E-state index is 12.0. The fourth-order valence-electron chi connectivity index (χ4n) is 2.23. The minimum absolute atomic E-state index is 0.215. The normalized spacial score (nSPS) is 17.7. The molecule has 2 aromatic heterocycles. The Morgan fingerprint density at radius 2 is 2.50 bits per heavy atom. The van der Waals surface area contributed by atoms with Gasteiger partial charge in [0.2, 0.25) is 0 Å². The van der Waals surface area contributed by atoms with Gasteiger partial charge in [-0.2, -0.15) is 0 Å². The largest absolute Gasteiger partial charge is 0.465 e. The van der Waals surface area contributed by atoms with E-state index in [0.29, 0.717) is 13.2 Å². The van der Waals surface area contributed by atoms with E-state index in [-0.39, 0.29) is 12.0 Å². The van der Waals surface area contributed by atoms with Gasteiger partial charge in [0, 0.05) is 18.3 Å². The molecule has 1 aliphatic rings. The predicted octanol–water partition coefficient (Wildman–Crippen LogP) is 2.25. The summed E-state index contributed by atoms with van der Waals surface area (Å²) in [7, 11) is 0. The van der Waals surface area contributed by atoms with E-state index in [2.05, 4.69) is 21.3 Å². The lowest BCUT2D eigenvalue weighted by atomic mass is 10.2. The second-order valence-electron chi connectivity index (χ2n) is 4.12. The first-order chi connectivity index (χ1) is 8.81. The lowest BCUT2D eigenvalue weighted by Crippen LogP contribution is -2.29. The average Bonchev–Trinajstić information content (AvgIpc) is 2.96. The molecule has 2 aromatic rings. The van der Waals surface area contributed by atoms with Gasteiger partial charge in [-0.25, -0.2) is 4.79 Å². The van der Waals surface area contributed by atoms with Gasteiger partial charge in [0.25, 0.3) is 0 Å². The first-order valence-electron chi connectivity index (χ1n) is 5.95. The summed E-state index contributed by atoms with van der Waals surface area (Å²) in [5.41, 5.74) is 2.15. The van der Waals surface area contributed by atoms with E-state index in [1.165, 1.54) is 10.6 Å². The molecular weight excluding hydrogens is 248 g/mol. The summed E-state index contributed by atoms with van der Waals surface area (Å²) in [5.74, 6) is -0.215. The van der Waals surface area contributed by atoms with Gasteiger partial charge in [-0.1, -0.05) is 0 Å². The minimum Gasteiger partial charge on any atom is -0.465 e. The zero-order valence-electron chi connectivity index (χ0n) is 10.1. The highest BCUT2D eigenvalue weighted by atomic mass is 32.1. The van der Waals surface area contributed by atoms with Crippen LogP contribution >= 0.6 is 11.3 Å². The van der Waals surface area contributed by atoms with Crippen LogP contribution in [-0.2, 0) is 16.1 Å². The Bertz CT molecular complexity index is 573. The van der Waals surface area contributed by atoms with E-state index >= 15 is 0 Å². The Balaban J connectivity index is 2.04. The summed E-state index contributed by atoms with van der Waals surface area (Å²) in [6.45, 7) is 2.91. The van der Waals surface area contributed by atoms with Gasteiger partial charge < -0.3 is 9.30 Å². The number of aromatic nitrogens is 1. The molecule has 0 spiro atoms. The molecule has 18 heavy (non-hydrogen) atoms. The molecule has 0 aliphatic carbocycles. The van der Waals surface area contributed by atoms with Crippen LogP contribution in [0.15, 0.2) is 29.8 Å². The van der Waals surface area contributed by atoms with Crippen molar-refractivity contribution < 1.29 is 9.53 Å². The Labute approximate surface area is 109 Å². The molecule has 0 aromatic carbocycles.